The molecule has 1 aromatic carbocycles. The highest BCUT2D eigenvalue weighted by atomic mass is 79.9. The van der Waals surface area contributed by atoms with Gasteiger partial charge in [-0.2, -0.15) is 0 Å². The Morgan fingerprint density at radius 1 is 1.38 bits per heavy atom. The Morgan fingerprint density at radius 3 is 2.77 bits per heavy atom. The smallest absolute Gasteiger partial charge is 0.126 e. The lowest BCUT2D eigenvalue weighted by molar-refractivity contribution is 0.628. The quantitative estimate of drug-likeness (QED) is 0.457. The third-order valence-corrected chi connectivity index (χ3v) is 1.77. The molecule has 1 nitrogen and oxygen atoms in total. The Kier molecular flexibility index (Phi) is 3.78. The lowest BCUT2D eigenvalue weighted by atomic mass is 10.2. The van der Waals surface area contributed by atoms with Crippen molar-refractivity contribution in [3.05, 3.63) is 29.6 Å². The molecule has 0 aliphatic rings. The van der Waals surface area contributed by atoms with Gasteiger partial charge >= 0.3 is 0 Å². The predicted octanol–water partition coefficient (Wildman–Crippen LogP) is 2.54. The van der Waals surface area contributed by atoms with Crippen LogP contribution in [-0.2, 0) is 0 Å². The molecule has 0 atom stereocenters. The topological polar surface area (TPSA) is 26.0 Å². The van der Waals surface area contributed by atoms with E-state index in [0.717, 1.165) is 11.8 Å². The van der Waals surface area contributed by atoms with E-state index in [9.17, 15) is 4.39 Å². The summed E-state index contributed by atoms with van der Waals surface area (Å²) in [7, 11) is 0. The number of nitrogen functional groups attached to an aromatic ring is 1. The molecule has 1 rings (SSSR count). The minimum atomic E-state index is -0.344. The van der Waals surface area contributed by atoms with Crippen LogP contribution in [0.25, 0.3) is 0 Å². The first-order valence-corrected chi connectivity index (χ1v) is 4.95. The molecular formula is C10H9BrFN. The second kappa shape index (κ2) is 4.88. The first kappa shape index (κ1) is 10.1. The van der Waals surface area contributed by atoms with Gasteiger partial charge in [-0.3, -0.25) is 0 Å². The van der Waals surface area contributed by atoms with Crippen LogP contribution in [0.2, 0.25) is 0 Å². The molecule has 0 aliphatic heterocycles. The molecule has 1 aromatic rings. The zero-order valence-electron chi connectivity index (χ0n) is 6.98. The van der Waals surface area contributed by atoms with E-state index in [4.69, 9.17) is 5.73 Å². The van der Waals surface area contributed by atoms with Crippen molar-refractivity contribution in [2.45, 2.75) is 6.42 Å². The maximum atomic E-state index is 12.8. The van der Waals surface area contributed by atoms with Crippen LogP contribution in [-0.4, -0.2) is 5.33 Å². The Labute approximate surface area is 85.3 Å². The molecule has 0 heterocycles. The third-order valence-electron chi connectivity index (χ3n) is 1.37. The molecule has 13 heavy (non-hydrogen) atoms. The van der Waals surface area contributed by atoms with E-state index in [1.165, 1.54) is 12.1 Å². The number of anilines is 1. The molecule has 0 spiro atoms. The number of halogens is 2. The summed E-state index contributed by atoms with van der Waals surface area (Å²) in [4.78, 5) is 0. The largest absolute Gasteiger partial charge is 0.399 e. The van der Waals surface area contributed by atoms with Gasteiger partial charge in [0, 0.05) is 23.0 Å². The van der Waals surface area contributed by atoms with Crippen LogP contribution in [0.5, 0.6) is 0 Å². The second-order valence-corrected chi connectivity index (χ2v) is 3.31. The van der Waals surface area contributed by atoms with Gasteiger partial charge in [0.2, 0.25) is 0 Å². The Balaban J connectivity index is 2.85. The number of benzene rings is 1. The minimum absolute atomic E-state index is 0.344. The SMILES string of the molecule is Nc1cc(F)cc(C#CCCBr)c1. The summed E-state index contributed by atoms with van der Waals surface area (Å²) in [6.45, 7) is 0. The van der Waals surface area contributed by atoms with Gasteiger partial charge in [-0.05, 0) is 18.2 Å². The fourth-order valence-corrected chi connectivity index (χ4v) is 1.09. The number of alkyl halides is 1. The van der Waals surface area contributed by atoms with Crippen molar-refractivity contribution in [2.24, 2.45) is 0 Å². The van der Waals surface area contributed by atoms with Crippen molar-refractivity contribution in [2.75, 3.05) is 11.1 Å². The number of hydrogen-bond acceptors (Lipinski definition) is 1. The van der Waals surface area contributed by atoms with E-state index in [1.54, 1.807) is 6.07 Å². The van der Waals surface area contributed by atoms with Gasteiger partial charge in [0.1, 0.15) is 5.82 Å². The molecule has 0 saturated carbocycles. The standard InChI is InChI=1S/C10H9BrFN/c11-4-2-1-3-8-5-9(12)7-10(13)6-8/h5-7H,2,4,13H2. The molecule has 0 fully saturated rings. The van der Waals surface area contributed by atoms with Gasteiger partial charge in [0.15, 0.2) is 0 Å². The van der Waals surface area contributed by atoms with Crippen LogP contribution in [0.15, 0.2) is 18.2 Å². The highest BCUT2D eigenvalue weighted by Crippen LogP contribution is 2.09. The summed E-state index contributed by atoms with van der Waals surface area (Å²) in [5.74, 6) is 5.37. The average Bonchev–Trinajstić information content (AvgIpc) is 2.03. The zero-order valence-corrected chi connectivity index (χ0v) is 8.57. The molecule has 3 heteroatoms. The lowest BCUT2D eigenvalue weighted by Crippen LogP contribution is -1.88. The Bertz CT molecular complexity index is 331. The molecule has 0 aliphatic carbocycles. The van der Waals surface area contributed by atoms with Crippen LogP contribution in [0.4, 0.5) is 10.1 Å². The van der Waals surface area contributed by atoms with E-state index in [1.807, 2.05) is 0 Å². The first-order valence-electron chi connectivity index (χ1n) is 3.83. The molecule has 0 saturated heterocycles. The van der Waals surface area contributed by atoms with Crippen molar-refractivity contribution in [3.8, 4) is 11.8 Å². The highest BCUT2D eigenvalue weighted by Gasteiger charge is 1.94. The van der Waals surface area contributed by atoms with E-state index in [2.05, 4.69) is 27.8 Å². The summed E-state index contributed by atoms with van der Waals surface area (Å²) < 4.78 is 12.8. The van der Waals surface area contributed by atoms with E-state index in [0.29, 0.717) is 11.3 Å². The molecule has 2 N–H and O–H groups in total. The Morgan fingerprint density at radius 2 is 2.15 bits per heavy atom. The molecule has 0 radical (unpaired) electrons. The van der Waals surface area contributed by atoms with E-state index < -0.39 is 0 Å². The third kappa shape index (κ3) is 3.47. The number of nitrogens with two attached hydrogens (primary N) is 1. The van der Waals surface area contributed by atoms with Crippen molar-refractivity contribution in [3.63, 3.8) is 0 Å². The fourth-order valence-electron chi connectivity index (χ4n) is 0.896. The average molecular weight is 242 g/mol. The van der Waals surface area contributed by atoms with Gasteiger partial charge in [0.05, 0.1) is 0 Å². The summed E-state index contributed by atoms with van der Waals surface area (Å²) >= 11 is 3.25. The molecule has 0 aromatic heterocycles. The molecule has 68 valence electrons. The monoisotopic (exact) mass is 241 g/mol. The second-order valence-electron chi connectivity index (χ2n) is 2.51. The highest BCUT2D eigenvalue weighted by molar-refractivity contribution is 9.09. The van der Waals surface area contributed by atoms with E-state index >= 15 is 0 Å². The van der Waals surface area contributed by atoms with Gasteiger partial charge in [-0.25, -0.2) is 4.39 Å². The maximum Gasteiger partial charge on any atom is 0.126 e. The molecule has 0 amide bonds. The molecular weight excluding hydrogens is 233 g/mol. The van der Waals surface area contributed by atoms with Crippen molar-refractivity contribution >= 4 is 21.6 Å². The van der Waals surface area contributed by atoms with Crippen LogP contribution in [0, 0.1) is 17.7 Å². The molecule has 0 bridgehead atoms. The van der Waals surface area contributed by atoms with Crippen LogP contribution >= 0.6 is 15.9 Å². The van der Waals surface area contributed by atoms with Crippen LogP contribution in [0.1, 0.15) is 12.0 Å². The summed E-state index contributed by atoms with van der Waals surface area (Å²) in [5, 5.41) is 0.824. The summed E-state index contributed by atoms with van der Waals surface area (Å²) in [5.41, 5.74) is 6.48. The van der Waals surface area contributed by atoms with Crippen molar-refractivity contribution in [1.82, 2.24) is 0 Å². The lowest BCUT2D eigenvalue weighted by Gasteiger charge is -1.94. The maximum absolute atomic E-state index is 12.8. The van der Waals surface area contributed by atoms with Crippen LogP contribution < -0.4 is 5.73 Å². The fraction of sp³-hybridized carbons (Fsp3) is 0.200. The van der Waals surface area contributed by atoms with Crippen molar-refractivity contribution < 1.29 is 4.39 Å². The van der Waals surface area contributed by atoms with Gasteiger partial charge in [-0.1, -0.05) is 27.8 Å². The number of hydrogen-bond donors (Lipinski definition) is 1. The van der Waals surface area contributed by atoms with E-state index in [-0.39, 0.29) is 5.82 Å². The van der Waals surface area contributed by atoms with Gasteiger partial charge in [-0.15, -0.1) is 0 Å². The summed E-state index contributed by atoms with van der Waals surface area (Å²) in [6.07, 6.45) is 0.746. The molecule has 0 unspecified atom stereocenters. The van der Waals surface area contributed by atoms with Gasteiger partial charge in [0.25, 0.3) is 0 Å². The van der Waals surface area contributed by atoms with Crippen molar-refractivity contribution in [1.29, 1.82) is 0 Å². The Hall–Kier alpha value is -1.01. The summed E-state index contributed by atoms with van der Waals surface area (Å²) in [6, 6.07) is 4.30. The zero-order chi connectivity index (χ0) is 9.68. The van der Waals surface area contributed by atoms with Gasteiger partial charge < -0.3 is 5.73 Å². The minimum Gasteiger partial charge on any atom is -0.399 e. The van der Waals surface area contributed by atoms with Crippen LogP contribution in [0.3, 0.4) is 0 Å². The predicted molar refractivity (Wildman–Crippen MR) is 56.1 cm³/mol. The normalized spacial score (nSPS) is 9.08. The number of rotatable bonds is 1. The first-order chi connectivity index (χ1) is 6.22.